The average molecular weight is 260 g/mol. The Hall–Kier alpha value is -2.38. The number of hydrogen-bond donors (Lipinski definition) is 0. The molecule has 18 heavy (non-hydrogen) atoms. The van der Waals surface area contributed by atoms with Crippen molar-refractivity contribution in [2.75, 3.05) is 0 Å². The highest BCUT2D eigenvalue weighted by molar-refractivity contribution is 6.19. The number of ketones is 1. The van der Waals surface area contributed by atoms with Gasteiger partial charge >= 0.3 is 0 Å². The minimum Gasteiger partial charge on any atom is -0.549 e. The van der Waals surface area contributed by atoms with Gasteiger partial charge in [0.05, 0.1) is 17.5 Å². The van der Waals surface area contributed by atoms with Crippen LogP contribution in [0.2, 0.25) is 0 Å². The summed E-state index contributed by atoms with van der Waals surface area (Å²) >= 11 is 0. The van der Waals surface area contributed by atoms with Gasteiger partial charge in [-0.15, -0.1) is 0 Å². The van der Waals surface area contributed by atoms with Gasteiger partial charge in [-0.2, -0.15) is 0 Å². The van der Waals surface area contributed by atoms with E-state index in [1.807, 2.05) is 0 Å². The zero-order valence-corrected chi connectivity index (χ0v) is 8.41. The van der Waals surface area contributed by atoms with Gasteiger partial charge in [-0.1, -0.05) is 0 Å². The van der Waals surface area contributed by atoms with Gasteiger partial charge in [0.15, 0.2) is 23.2 Å². The van der Waals surface area contributed by atoms with Gasteiger partial charge in [0.25, 0.3) is 0 Å². The van der Waals surface area contributed by atoms with E-state index in [-0.39, 0.29) is 0 Å². The summed E-state index contributed by atoms with van der Waals surface area (Å²) in [5.41, 5.74) is -1.22. The number of carboxylic acid groups (broad SMARTS) is 2. The Kier molecular flexibility index (Phi) is 3.70. The van der Waals surface area contributed by atoms with Crippen LogP contribution in [0.1, 0.15) is 10.4 Å². The minimum absolute atomic E-state index is 0.354. The smallest absolute Gasteiger partial charge is 0.195 e. The Morgan fingerprint density at radius 1 is 0.944 bits per heavy atom. The Morgan fingerprint density at radius 2 is 1.44 bits per heavy atom. The van der Waals surface area contributed by atoms with E-state index < -0.39 is 46.7 Å². The van der Waals surface area contributed by atoms with Gasteiger partial charge in [0, 0.05) is 0 Å². The maximum absolute atomic E-state index is 13.1. The second kappa shape index (κ2) is 4.86. The maximum Gasteiger partial charge on any atom is 0.195 e. The van der Waals surface area contributed by atoms with Gasteiger partial charge in [-0.3, -0.25) is 4.79 Å². The average Bonchev–Trinajstić information content (AvgIpc) is 2.24. The van der Waals surface area contributed by atoms with Crippen LogP contribution in [-0.2, 0) is 9.59 Å². The molecule has 1 rings (SSSR count). The van der Waals surface area contributed by atoms with Crippen LogP contribution in [0.15, 0.2) is 12.1 Å². The van der Waals surface area contributed by atoms with Crippen molar-refractivity contribution < 1.29 is 37.8 Å². The van der Waals surface area contributed by atoms with Crippen LogP contribution < -0.4 is 10.2 Å². The third-order valence-electron chi connectivity index (χ3n) is 2.03. The number of benzene rings is 1. The summed E-state index contributed by atoms with van der Waals surface area (Å²) in [6.07, 6.45) is 0. The normalized spacial score (nSPS) is 10.4. The fourth-order valence-electron chi connectivity index (χ4n) is 1.18. The molecular weight excluding hydrogens is 257 g/mol. The third-order valence-corrected chi connectivity index (χ3v) is 2.03. The second-order valence-corrected chi connectivity index (χ2v) is 3.16. The van der Waals surface area contributed by atoms with Crippen molar-refractivity contribution in [3.8, 4) is 0 Å². The molecule has 5 nitrogen and oxygen atoms in total. The minimum atomic E-state index is -2.80. The zero-order chi connectivity index (χ0) is 14.0. The fourth-order valence-corrected chi connectivity index (χ4v) is 1.18. The van der Waals surface area contributed by atoms with Crippen LogP contribution in [0.25, 0.3) is 0 Å². The van der Waals surface area contributed by atoms with Gasteiger partial charge in [0.2, 0.25) is 0 Å². The monoisotopic (exact) mass is 260 g/mol. The molecule has 0 heterocycles. The van der Waals surface area contributed by atoms with Gasteiger partial charge in [0.1, 0.15) is 5.92 Å². The largest absolute Gasteiger partial charge is 0.549 e. The van der Waals surface area contributed by atoms with E-state index in [0.717, 1.165) is 0 Å². The van der Waals surface area contributed by atoms with Crippen molar-refractivity contribution in [2.24, 2.45) is 5.92 Å². The van der Waals surface area contributed by atoms with Crippen molar-refractivity contribution in [2.45, 2.75) is 0 Å². The maximum atomic E-state index is 13.1. The Balaban J connectivity index is 3.30. The molecule has 1 aromatic rings. The van der Waals surface area contributed by atoms with Gasteiger partial charge < -0.3 is 19.8 Å². The summed E-state index contributed by atoms with van der Waals surface area (Å²) in [5, 5.41) is 20.8. The van der Waals surface area contributed by atoms with E-state index in [1.165, 1.54) is 0 Å². The molecule has 0 fully saturated rings. The SMILES string of the molecule is O=C([O-])C(C(=O)[O-])C(=O)c1ccc(F)c(F)c1F. The molecule has 0 aliphatic heterocycles. The molecule has 0 atom stereocenters. The Morgan fingerprint density at radius 3 is 1.89 bits per heavy atom. The number of aliphatic carboxylic acids is 2. The predicted molar refractivity (Wildman–Crippen MR) is 44.2 cm³/mol. The molecule has 0 aliphatic rings. The lowest BCUT2D eigenvalue weighted by Gasteiger charge is -2.17. The second-order valence-electron chi connectivity index (χ2n) is 3.16. The molecule has 0 saturated carbocycles. The van der Waals surface area contributed by atoms with E-state index in [4.69, 9.17) is 0 Å². The molecule has 0 saturated heterocycles. The van der Waals surface area contributed by atoms with Gasteiger partial charge in [-0.05, 0) is 12.1 Å². The lowest BCUT2D eigenvalue weighted by Crippen LogP contribution is -2.47. The van der Waals surface area contributed by atoms with Crippen LogP contribution in [0.3, 0.4) is 0 Å². The van der Waals surface area contributed by atoms with E-state index in [1.54, 1.807) is 0 Å². The van der Waals surface area contributed by atoms with Crippen LogP contribution >= 0.6 is 0 Å². The van der Waals surface area contributed by atoms with Crippen molar-refractivity contribution in [1.82, 2.24) is 0 Å². The number of rotatable bonds is 4. The lowest BCUT2D eigenvalue weighted by atomic mass is 9.97. The van der Waals surface area contributed by atoms with E-state index in [9.17, 15) is 37.8 Å². The first-order valence-corrected chi connectivity index (χ1v) is 4.36. The zero-order valence-electron chi connectivity index (χ0n) is 8.41. The summed E-state index contributed by atoms with van der Waals surface area (Å²) < 4.78 is 38.5. The number of hydrogen-bond acceptors (Lipinski definition) is 5. The highest BCUT2D eigenvalue weighted by Crippen LogP contribution is 2.18. The fraction of sp³-hybridized carbons (Fsp3) is 0.100. The summed E-state index contributed by atoms with van der Waals surface area (Å²) in [6.45, 7) is 0. The summed E-state index contributed by atoms with van der Waals surface area (Å²) in [5.74, 6) is -14.9. The molecule has 0 unspecified atom stereocenters. The molecule has 0 spiro atoms. The quantitative estimate of drug-likeness (QED) is 0.369. The van der Waals surface area contributed by atoms with Crippen LogP contribution in [0, 0.1) is 23.4 Å². The van der Waals surface area contributed by atoms with E-state index in [0.29, 0.717) is 12.1 Å². The summed E-state index contributed by atoms with van der Waals surface area (Å²) in [7, 11) is 0. The van der Waals surface area contributed by atoms with Gasteiger partial charge in [-0.25, -0.2) is 13.2 Å². The Bertz CT molecular complexity index is 527. The first-order valence-electron chi connectivity index (χ1n) is 4.36. The first-order chi connectivity index (χ1) is 8.27. The molecule has 0 N–H and O–H groups in total. The van der Waals surface area contributed by atoms with Crippen molar-refractivity contribution in [3.63, 3.8) is 0 Å². The molecule has 0 aromatic heterocycles. The molecular formula is C10H3F3O5-2. The summed E-state index contributed by atoms with van der Waals surface area (Å²) in [4.78, 5) is 32.1. The number of Topliss-reactive ketones (excluding diaryl/α,β-unsaturated/α-hetero) is 1. The first kappa shape index (κ1) is 13.7. The van der Waals surface area contributed by atoms with Crippen molar-refractivity contribution in [1.29, 1.82) is 0 Å². The molecule has 0 amide bonds. The molecule has 1 aromatic carbocycles. The molecule has 96 valence electrons. The van der Waals surface area contributed by atoms with Crippen LogP contribution in [-0.4, -0.2) is 17.7 Å². The number of carbonyl (C=O) groups is 3. The summed E-state index contributed by atoms with van der Waals surface area (Å²) in [6, 6.07) is 0.780. The van der Waals surface area contributed by atoms with Crippen molar-refractivity contribution >= 4 is 17.7 Å². The number of carboxylic acids is 2. The topological polar surface area (TPSA) is 97.3 Å². The number of carbonyl (C=O) groups excluding carboxylic acids is 3. The molecule has 0 bridgehead atoms. The van der Waals surface area contributed by atoms with E-state index >= 15 is 0 Å². The van der Waals surface area contributed by atoms with Crippen LogP contribution in [0.5, 0.6) is 0 Å². The number of halogens is 3. The molecule has 0 radical (unpaired) electrons. The highest BCUT2D eigenvalue weighted by atomic mass is 19.2. The molecule has 8 heteroatoms. The highest BCUT2D eigenvalue weighted by Gasteiger charge is 2.27. The standard InChI is InChI=1S/C10H5F3O5/c11-4-2-1-3(6(12)7(4)13)8(14)5(9(15)16)10(17)18/h1-2,5H,(H,15,16)(H,17,18)/p-2. The molecule has 0 aliphatic carbocycles. The van der Waals surface area contributed by atoms with Crippen LogP contribution in [0.4, 0.5) is 13.2 Å². The predicted octanol–water partition coefficient (Wildman–Crippen LogP) is -1.60. The van der Waals surface area contributed by atoms with Crippen molar-refractivity contribution in [3.05, 3.63) is 35.1 Å². The Labute approximate surface area is 97.5 Å². The third kappa shape index (κ3) is 2.31. The lowest BCUT2D eigenvalue weighted by molar-refractivity contribution is -0.328. The van der Waals surface area contributed by atoms with E-state index in [2.05, 4.69) is 0 Å².